The molecule has 31 heavy (non-hydrogen) atoms. The fourth-order valence-corrected chi connectivity index (χ4v) is 4.72. The van der Waals surface area contributed by atoms with E-state index in [-0.39, 0.29) is 17.5 Å². The summed E-state index contributed by atoms with van der Waals surface area (Å²) >= 11 is 0. The van der Waals surface area contributed by atoms with Crippen LogP contribution in [0.3, 0.4) is 0 Å². The van der Waals surface area contributed by atoms with Crippen LogP contribution >= 0.6 is 7.75 Å². The predicted molar refractivity (Wildman–Crippen MR) is 114 cm³/mol. The van der Waals surface area contributed by atoms with Crippen LogP contribution in [-0.4, -0.2) is 23.0 Å². The van der Waals surface area contributed by atoms with Crippen molar-refractivity contribution in [3.8, 4) is 11.5 Å². The molecule has 1 N–H and O–H groups in total. The molecule has 1 aliphatic rings. The number of nitrogens with zero attached hydrogens (tertiary/aromatic N) is 1. The first-order valence-electron chi connectivity index (χ1n) is 9.99. The van der Waals surface area contributed by atoms with Crippen molar-refractivity contribution in [2.45, 2.75) is 52.2 Å². The maximum Gasteiger partial charge on any atom is 0.513 e. The van der Waals surface area contributed by atoms with Crippen LogP contribution in [0.25, 0.3) is 0 Å². The fourth-order valence-electron chi connectivity index (χ4n) is 3.21. The number of non-ortho nitro benzene ring substituents is 1. The molecule has 1 unspecified atom stereocenters. The Kier molecular flexibility index (Phi) is 6.97. The summed E-state index contributed by atoms with van der Waals surface area (Å²) in [4.78, 5) is 22.5. The fraction of sp³-hybridized carbons (Fsp3) is 0.381. The van der Waals surface area contributed by atoms with E-state index in [1.165, 1.54) is 36.8 Å². The van der Waals surface area contributed by atoms with E-state index >= 15 is 0 Å². The van der Waals surface area contributed by atoms with Gasteiger partial charge in [-0.1, -0.05) is 6.07 Å². The van der Waals surface area contributed by atoms with E-state index in [9.17, 15) is 19.5 Å². The topological polar surface area (TPSA) is 117 Å². The average molecular weight is 448 g/mol. The van der Waals surface area contributed by atoms with Crippen LogP contribution in [0.5, 0.6) is 11.5 Å². The van der Waals surface area contributed by atoms with Crippen molar-refractivity contribution in [3.63, 3.8) is 0 Å². The van der Waals surface area contributed by atoms with Crippen LogP contribution in [-0.2, 0) is 26.9 Å². The van der Waals surface area contributed by atoms with Gasteiger partial charge >= 0.3 is 13.7 Å². The van der Waals surface area contributed by atoms with Crippen molar-refractivity contribution >= 4 is 19.4 Å². The molecule has 0 aromatic heterocycles. The number of fused-ring (bicyclic) bond motifs is 1. The average Bonchev–Trinajstić information content (AvgIpc) is 3.15. The number of nitrogens with one attached hydrogen (secondary N) is 1. The first-order valence-corrected chi connectivity index (χ1v) is 11.5. The number of hydrogen-bond acceptors (Lipinski definition) is 7. The molecule has 0 saturated heterocycles. The summed E-state index contributed by atoms with van der Waals surface area (Å²) in [6, 6.07) is 9.54. The van der Waals surface area contributed by atoms with Gasteiger partial charge in [0, 0.05) is 12.1 Å². The lowest BCUT2D eigenvalue weighted by Crippen LogP contribution is -2.36. The number of ether oxygens (including phenoxy) is 1. The van der Waals surface area contributed by atoms with Crippen molar-refractivity contribution in [2.75, 3.05) is 0 Å². The number of benzene rings is 2. The maximum absolute atomic E-state index is 13.6. The minimum Gasteiger partial charge on any atom is -0.462 e. The molecule has 10 heteroatoms. The molecule has 3 rings (SSSR count). The molecule has 2 aromatic rings. The molecular weight excluding hydrogens is 423 g/mol. The number of rotatable bonds is 9. The van der Waals surface area contributed by atoms with Crippen molar-refractivity contribution in [2.24, 2.45) is 0 Å². The van der Waals surface area contributed by atoms with Gasteiger partial charge in [-0.2, -0.15) is 5.09 Å². The molecule has 2 aromatic carbocycles. The zero-order valence-corrected chi connectivity index (χ0v) is 18.5. The summed E-state index contributed by atoms with van der Waals surface area (Å²) < 4.78 is 30.0. The van der Waals surface area contributed by atoms with E-state index in [2.05, 4.69) is 5.09 Å². The van der Waals surface area contributed by atoms with E-state index in [0.29, 0.717) is 5.75 Å². The number of carbonyl (C=O) groups excluding carboxylic acids is 1. The van der Waals surface area contributed by atoms with Gasteiger partial charge in [0.25, 0.3) is 5.69 Å². The van der Waals surface area contributed by atoms with Gasteiger partial charge in [0.1, 0.15) is 17.5 Å². The molecule has 0 bridgehead atoms. The zero-order chi connectivity index (χ0) is 22.6. The molecule has 9 nitrogen and oxygen atoms in total. The summed E-state index contributed by atoms with van der Waals surface area (Å²) in [6.45, 7) is 4.90. The summed E-state index contributed by atoms with van der Waals surface area (Å²) in [7, 11) is -4.10. The minimum absolute atomic E-state index is 0.0898. The van der Waals surface area contributed by atoms with Crippen LogP contribution < -0.4 is 14.1 Å². The Morgan fingerprint density at radius 2 is 1.65 bits per heavy atom. The summed E-state index contributed by atoms with van der Waals surface area (Å²) in [5.74, 6) is -0.185. The van der Waals surface area contributed by atoms with Gasteiger partial charge in [0.15, 0.2) is 0 Å². The molecule has 0 fully saturated rings. The van der Waals surface area contributed by atoms with Crippen LogP contribution in [0.2, 0.25) is 0 Å². The summed E-state index contributed by atoms with van der Waals surface area (Å²) in [5.41, 5.74) is 2.20. The zero-order valence-electron chi connectivity index (χ0n) is 17.6. The molecule has 0 heterocycles. The Morgan fingerprint density at radius 1 is 1.03 bits per heavy atom. The molecule has 1 aliphatic carbocycles. The Morgan fingerprint density at radius 3 is 2.29 bits per heavy atom. The largest absolute Gasteiger partial charge is 0.513 e. The van der Waals surface area contributed by atoms with Gasteiger partial charge in [-0.3, -0.25) is 14.9 Å². The highest BCUT2D eigenvalue weighted by atomic mass is 31.2. The van der Waals surface area contributed by atoms with Crippen LogP contribution in [0.1, 0.15) is 38.3 Å². The van der Waals surface area contributed by atoms with Crippen LogP contribution in [0.15, 0.2) is 42.5 Å². The Bertz CT molecular complexity index is 1010. The van der Waals surface area contributed by atoms with E-state index in [1.54, 1.807) is 19.9 Å². The molecule has 0 spiro atoms. The van der Waals surface area contributed by atoms with Gasteiger partial charge < -0.3 is 13.8 Å². The van der Waals surface area contributed by atoms with E-state index < -0.39 is 24.7 Å². The summed E-state index contributed by atoms with van der Waals surface area (Å²) in [6.07, 6.45) is 2.60. The third-order valence-corrected chi connectivity index (χ3v) is 6.23. The summed E-state index contributed by atoms with van der Waals surface area (Å²) in [5, 5.41) is 13.5. The second-order valence-corrected chi connectivity index (χ2v) is 9.17. The first-order chi connectivity index (χ1) is 14.6. The minimum atomic E-state index is -4.10. The second-order valence-electron chi connectivity index (χ2n) is 7.55. The number of hydrogen-bond donors (Lipinski definition) is 1. The van der Waals surface area contributed by atoms with E-state index in [1.807, 2.05) is 12.1 Å². The van der Waals surface area contributed by atoms with Crippen molar-refractivity contribution in [3.05, 3.63) is 63.7 Å². The monoisotopic (exact) mass is 448 g/mol. The smallest absolute Gasteiger partial charge is 0.462 e. The van der Waals surface area contributed by atoms with Crippen molar-refractivity contribution in [1.29, 1.82) is 0 Å². The number of nitro benzene ring substituents is 1. The molecule has 0 saturated carbocycles. The highest BCUT2D eigenvalue weighted by molar-refractivity contribution is 7.52. The molecule has 0 radical (unpaired) electrons. The highest BCUT2D eigenvalue weighted by Crippen LogP contribution is 2.46. The number of esters is 1. The third kappa shape index (κ3) is 6.06. The van der Waals surface area contributed by atoms with E-state index in [0.717, 1.165) is 24.8 Å². The molecular formula is C21H25N2O7P. The number of aryl methyl sites for hydroxylation is 2. The van der Waals surface area contributed by atoms with Crippen LogP contribution in [0.4, 0.5) is 5.69 Å². The Balaban J connectivity index is 1.84. The first kappa shape index (κ1) is 22.8. The quantitative estimate of drug-likeness (QED) is 0.256. The maximum atomic E-state index is 13.6. The van der Waals surface area contributed by atoms with Crippen molar-refractivity contribution < 1.29 is 28.1 Å². The Hall–Kier alpha value is -2.90. The highest BCUT2D eigenvalue weighted by Gasteiger charge is 2.34. The van der Waals surface area contributed by atoms with Crippen LogP contribution in [0, 0.1) is 10.1 Å². The van der Waals surface area contributed by atoms with Gasteiger partial charge in [-0.25, -0.2) is 4.57 Å². The van der Waals surface area contributed by atoms with Gasteiger partial charge in [-0.05, 0) is 75.4 Å². The van der Waals surface area contributed by atoms with E-state index in [4.69, 9.17) is 13.8 Å². The SMILES string of the molecule is CC(C)OC(=O)[C@H](C)NP(=O)(Oc1ccc([N+](=O)[O-])cc1)Oc1ccc2c(c1)CCC2. The van der Waals surface area contributed by atoms with Crippen molar-refractivity contribution in [1.82, 2.24) is 5.09 Å². The molecule has 166 valence electrons. The van der Waals surface area contributed by atoms with Gasteiger partial charge in [0.2, 0.25) is 0 Å². The lowest BCUT2D eigenvalue weighted by Gasteiger charge is -2.23. The number of carbonyl (C=O) groups is 1. The molecule has 0 amide bonds. The standard InChI is InChI=1S/C21H25N2O7P/c1-14(2)28-21(24)15(3)22-31(27,29-19-11-8-18(9-12-19)23(25)26)30-20-10-7-16-5-4-6-17(16)13-20/h7-15H,4-6H2,1-3H3,(H,22,27)/t15-,31?/m0/s1. The van der Waals surface area contributed by atoms with Gasteiger partial charge in [-0.15, -0.1) is 0 Å². The van der Waals surface area contributed by atoms with Gasteiger partial charge in [0.05, 0.1) is 11.0 Å². The lowest BCUT2D eigenvalue weighted by atomic mass is 10.1. The second kappa shape index (κ2) is 9.49. The molecule has 2 atom stereocenters. The number of nitro groups is 1. The third-order valence-electron chi connectivity index (χ3n) is 4.63. The molecule has 0 aliphatic heterocycles. The normalized spacial score (nSPS) is 15.6. The predicted octanol–water partition coefficient (Wildman–Crippen LogP) is 4.58. The Labute approximate surface area is 180 Å². The lowest BCUT2D eigenvalue weighted by molar-refractivity contribution is -0.384.